The molecule has 3 rings (SSSR count). The van der Waals surface area contributed by atoms with Crippen molar-refractivity contribution in [1.29, 1.82) is 0 Å². The first-order valence-corrected chi connectivity index (χ1v) is 5.74. The van der Waals surface area contributed by atoms with Crippen LogP contribution in [0, 0.1) is 0 Å². The van der Waals surface area contributed by atoms with Crippen LogP contribution in [0.4, 0.5) is 0 Å². The van der Waals surface area contributed by atoms with Gasteiger partial charge in [0, 0.05) is 5.56 Å². The molecule has 76 valence electrons. The Morgan fingerprint density at radius 3 is 3.00 bits per heavy atom. The van der Waals surface area contributed by atoms with Crippen molar-refractivity contribution in [2.45, 2.75) is 5.92 Å². The first kappa shape index (κ1) is 9.12. The van der Waals surface area contributed by atoms with E-state index in [2.05, 4.69) is 16.3 Å². The molecule has 0 radical (unpaired) electrons. The summed E-state index contributed by atoms with van der Waals surface area (Å²) in [4.78, 5) is 0. The third-order valence-corrected chi connectivity index (χ3v) is 3.55. The molecule has 1 unspecified atom stereocenters. The van der Waals surface area contributed by atoms with Gasteiger partial charge in [0.2, 0.25) is 4.47 Å². The van der Waals surface area contributed by atoms with E-state index in [1.807, 2.05) is 18.2 Å². The Morgan fingerprint density at radius 2 is 2.20 bits per heavy atom. The van der Waals surface area contributed by atoms with Crippen LogP contribution in [-0.4, -0.2) is 16.8 Å². The predicted octanol–water partition coefficient (Wildman–Crippen LogP) is 2.72. The van der Waals surface area contributed by atoms with Crippen LogP contribution in [0.15, 0.2) is 24.3 Å². The van der Waals surface area contributed by atoms with Crippen molar-refractivity contribution in [2.75, 3.05) is 6.61 Å². The van der Waals surface area contributed by atoms with Crippen LogP contribution in [-0.2, 0) is 0 Å². The van der Waals surface area contributed by atoms with E-state index in [4.69, 9.17) is 16.3 Å². The van der Waals surface area contributed by atoms with Gasteiger partial charge in [-0.15, -0.1) is 10.2 Å². The first-order chi connectivity index (χ1) is 7.34. The number of benzene rings is 1. The minimum atomic E-state index is 0.186. The fourth-order valence-corrected chi connectivity index (χ4v) is 2.67. The molecule has 0 bridgehead atoms. The summed E-state index contributed by atoms with van der Waals surface area (Å²) in [7, 11) is 0. The number of hydrogen-bond acceptors (Lipinski definition) is 4. The van der Waals surface area contributed by atoms with Crippen LogP contribution in [0.25, 0.3) is 0 Å². The summed E-state index contributed by atoms with van der Waals surface area (Å²) in [6, 6.07) is 8.00. The molecule has 0 N–H and O–H groups in total. The number of hydrogen-bond donors (Lipinski definition) is 0. The highest BCUT2D eigenvalue weighted by Gasteiger charge is 2.28. The topological polar surface area (TPSA) is 35.0 Å². The van der Waals surface area contributed by atoms with Crippen LogP contribution < -0.4 is 4.74 Å². The molecular weight excluding hydrogens is 232 g/mol. The highest BCUT2D eigenvalue weighted by molar-refractivity contribution is 7.15. The zero-order chi connectivity index (χ0) is 10.3. The predicted molar refractivity (Wildman–Crippen MR) is 58.7 cm³/mol. The Hall–Kier alpha value is -1.13. The minimum Gasteiger partial charge on any atom is -0.492 e. The molecule has 5 heteroatoms. The maximum atomic E-state index is 5.77. The fraction of sp³-hybridized carbons (Fsp3) is 0.200. The maximum absolute atomic E-state index is 5.77. The highest BCUT2D eigenvalue weighted by Crippen LogP contribution is 2.39. The standard InChI is InChI=1S/C10H7ClN2OS/c11-10-13-12-9(15-10)7-5-14-8-4-2-1-3-6(7)8/h1-4,7H,5H2. The van der Waals surface area contributed by atoms with E-state index in [0.717, 1.165) is 10.8 Å². The maximum Gasteiger partial charge on any atom is 0.207 e. The van der Waals surface area contributed by atoms with Crippen LogP contribution in [0.2, 0.25) is 4.47 Å². The molecule has 0 saturated carbocycles. The number of halogens is 1. The Morgan fingerprint density at radius 1 is 1.33 bits per heavy atom. The van der Waals surface area contributed by atoms with Crippen LogP contribution >= 0.6 is 22.9 Å². The molecule has 1 aliphatic heterocycles. The van der Waals surface area contributed by atoms with Crippen molar-refractivity contribution in [3.05, 3.63) is 39.3 Å². The number of fused-ring (bicyclic) bond motifs is 1. The molecule has 2 heterocycles. The van der Waals surface area contributed by atoms with Gasteiger partial charge in [-0.05, 0) is 17.7 Å². The van der Waals surface area contributed by atoms with Gasteiger partial charge < -0.3 is 4.74 Å². The third kappa shape index (κ3) is 1.50. The second-order valence-corrected chi connectivity index (χ2v) is 4.89. The number of rotatable bonds is 1. The van der Waals surface area contributed by atoms with Gasteiger partial charge in [-0.2, -0.15) is 0 Å². The second kappa shape index (κ2) is 3.47. The van der Waals surface area contributed by atoms with Crippen LogP contribution in [0.3, 0.4) is 0 Å². The average molecular weight is 239 g/mol. The molecule has 1 aliphatic rings. The highest BCUT2D eigenvalue weighted by atomic mass is 35.5. The minimum absolute atomic E-state index is 0.186. The quantitative estimate of drug-likeness (QED) is 0.766. The molecule has 0 spiro atoms. The van der Waals surface area contributed by atoms with E-state index in [1.54, 1.807) is 0 Å². The first-order valence-electron chi connectivity index (χ1n) is 4.55. The Kier molecular flexibility index (Phi) is 2.11. The monoisotopic (exact) mass is 238 g/mol. The summed E-state index contributed by atoms with van der Waals surface area (Å²) in [5.41, 5.74) is 1.17. The summed E-state index contributed by atoms with van der Waals surface area (Å²) in [5, 5.41) is 8.79. The molecule has 0 saturated heterocycles. The summed E-state index contributed by atoms with van der Waals surface area (Å²) in [5.74, 6) is 1.13. The summed E-state index contributed by atoms with van der Waals surface area (Å²) >= 11 is 7.18. The Bertz CT molecular complexity index is 500. The van der Waals surface area contributed by atoms with Crippen LogP contribution in [0.1, 0.15) is 16.5 Å². The SMILES string of the molecule is Clc1nnc(C2COc3ccccc32)s1. The van der Waals surface area contributed by atoms with Gasteiger partial charge in [-0.25, -0.2) is 0 Å². The largest absolute Gasteiger partial charge is 0.492 e. The zero-order valence-corrected chi connectivity index (χ0v) is 9.26. The smallest absolute Gasteiger partial charge is 0.207 e. The van der Waals surface area contributed by atoms with E-state index in [-0.39, 0.29) is 5.92 Å². The Balaban J connectivity index is 2.04. The summed E-state index contributed by atoms with van der Waals surface area (Å²) < 4.78 is 6.05. The lowest BCUT2D eigenvalue weighted by Gasteiger charge is -2.02. The number of para-hydroxylation sites is 1. The van der Waals surface area contributed by atoms with Crippen molar-refractivity contribution in [3.63, 3.8) is 0 Å². The van der Waals surface area contributed by atoms with Crippen molar-refractivity contribution < 1.29 is 4.74 Å². The van der Waals surface area contributed by atoms with Crippen molar-refractivity contribution in [1.82, 2.24) is 10.2 Å². The van der Waals surface area contributed by atoms with Gasteiger partial charge in [0.05, 0.1) is 5.92 Å². The van der Waals surface area contributed by atoms with E-state index in [9.17, 15) is 0 Å². The van der Waals surface area contributed by atoms with Gasteiger partial charge in [0.1, 0.15) is 17.4 Å². The molecular formula is C10H7ClN2OS. The molecule has 15 heavy (non-hydrogen) atoms. The lowest BCUT2D eigenvalue weighted by molar-refractivity contribution is 0.342. The van der Waals surface area contributed by atoms with Gasteiger partial charge in [-0.1, -0.05) is 29.5 Å². The molecule has 3 nitrogen and oxygen atoms in total. The summed E-state index contributed by atoms with van der Waals surface area (Å²) in [6.07, 6.45) is 0. The van der Waals surface area contributed by atoms with E-state index < -0.39 is 0 Å². The average Bonchev–Trinajstić information content (AvgIpc) is 2.83. The molecule has 1 aromatic heterocycles. The van der Waals surface area contributed by atoms with E-state index >= 15 is 0 Å². The molecule has 2 aromatic rings. The number of nitrogens with zero attached hydrogens (tertiary/aromatic N) is 2. The zero-order valence-electron chi connectivity index (χ0n) is 7.68. The molecule has 1 atom stereocenters. The van der Waals surface area contributed by atoms with Crippen LogP contribution in [0.5, 0.6) is 5.75 Å². The third-order valence-electron chi connectivity index (χ3n) is 2.41. The van der Waals surface area contributed by atoms with Crippen molar-refractivity contribution in [3.8, 4) is 5.75 Å². The molecule has 0 amide bonds. The second-order valence-electron chi connectivity index (χ2n) is 3.29. The molecule has 0 aliphatic carbocycles. The number of ether oxygens (including phenoxy) is 1. The summed E-state index contributed by atoms with van der Waals surface area (Å²) in [6.45, 7) is 0.630. The molecule has 1 aromatic carbocycles. The van der Waals surface area contributed by atoms with E-state index in [1.165, 1.54) is 16.9 Å². The normalized spacial score (nSPS) is 18.6. The Labute approximate surface area is 95.7 Å². The van der Waals surface area contributed by atoms with Crippen molar-refractivity contribution >= 4 is 22.9 Å². The van der Waals surface area contributed by atoms with Gasteiger partial charge in [0.25, 0.3) is 0 Å². The lowest BCUT2D eigenvalue weighted by Crippen LogP contribution is -2.01. The fourth-order valence-electron chi connectivity index (χ4n) is 1.72. The van der Waals surface area contributed by atoms with Gasteiger partial charge in [0.15, 0.2) is 0 Å². The van der Waals surface area contributed by atoms with Gasteiger partial charge >= 0.3 is 0 Å². The lowest BCUT2D eigenvalue weighted by atomic mass is 10.0. The molecule has 0 fully saturated rings. The van der Waals surface area contributed by atoms with E-state index in [0.29, 0.717) is 11.1 Å². The number of aromatic nitrogens is 2. The van der Waals surface area contributed by atoms with Gasteiger partial charge in [-0.3, -0.25) is 0 Å². The van der Waals surface area contributed by atoms with Crippen molar-refractivity contribution in [2.24, 2.45) is 0 Å².